The molecule has 0 N–H and O–H groups in total. The lowest BCUT2D eigenvalue weighted by molar-refractivity contribution is -0.382. The lowest BCUT2D eigenvalue weighted by Crippen LogP contribution is -2.66. The average Bonchev–Trinajstić information content (AvgIpc) is 2.74. The second-order valence-corrected chi connectivity index (χ2v) is 9.88. The van der Waals surface area contributed by atoms with Gasteiger partial charge in [-0.15, -0.1) is 6.58 Å². The Kier molecular flexibility index (Phi) is 10.3. The van der Waals surface area contributed by atoms with Gasteiger partial charge in [0, 0.05) is 32.6 Å². The second kappa shape index (κ2) is 11.5. The molecule has 15 heteroatoms. The average molecular weight is 534 g/mol. The number of halogens is 9. The molecule has 1 fully saturated rings. The number of amides is 1. The first-order chi connectivity index (χ1) is 15.4. The quantitative estimate of drug-likeness (QED) is 0.186. The Hall–Kier alpha value is -1.51. The Labute approximate surface area is 192 Å². The van der Waals surface area contributed by atoms with E-state index >= 15 is 0 Å². The van der Waals surface area contributed by atoms with Crippen LogP contribution in [0.2, 0.25) is 0 Å². The molecule has 0 aromatic heterocycles. The zero-order chi connectivity index (χ0) is 26.4. The molecule has 5 nitrogen and oxygen atoms in total. The summed E-state index contributed by atoms with van der Waals surface area (Å²) in [6, 6.07) is 0. The van der Waals surface area contributed by atoms with Crippen molar-refractivity contribution in [3.8, 4) is 0 Å². The molecular formula is C19H27F9N2O3S. The van der Waals surface area contributed by atoms with Crippen LogP contribution < -0.4 is 0 Å². The minimum absolute atomic E-state index is 0.0748. The predicted octanol–water partition coefficient (Wildman–Crippen LogP) is 5.19. The van der Waals surface area contributed by atoms with Gasteiger partial charge >= 0.3 is 23.3 Å². The molecule has 1 rings (SSSR count). The van der Waals surface area contributed by atoms with E-state index in [0.29, 0.717) is 6.42 Å². The standard InChI is InChI=1S/C19H27F9N2O3S/c1-2-3-4-5-6-7-8-9-10-15(31)29-11-13-30(14-12-29)34(32,33)19(27,28)17(22,23)16(20,21)18(24,25)26/h2H,1,3-14H2. The molecule has 1 aliphatic heterocycles. The maximum atomic E-state index is 13.9. The summed E-state index contributed by atoms with van der Waals surface area (Å²) in [5.41, 5.74) is 0. The van der Waals surface area contributed by atoms with Gasteiger partial charge in [0.1, 0.15) is 0 Å². The van der Waals surface area contributed by atoms with Crippen molar-refractivity contribution < 1.29 is 52.7 Å². The zero-order valence-electron chi connectivity index (χ0n) is 18.2. The number of carbonyl (C=O) groups is 1. The van der Waals surface area contributed by atoms with Crippen LogP contribution in [0, 0.1) is 0 Å². The van der Waals surface area contributed by atoms with E-state index in [1.807, 2.05) is 6.08 Å². The molecule has 200 valence electrons. The number of hydrogen-bond donors (Lipinski definition) is 0. The summed E-state index contributed by atoms with van der Waals surface area (Å²) < 4.78 is 141. The molecule has 0 aromatic carbocycles. The molecule has 0 atom stereocenters. The van der Waals surface area contributed by atoms with Crippen molar-refractivity contribution in [3.63, 3.8) is 0 Å². The summed E-state index contributed by atoms with van der Waals surface area (Å²) in [7, 11) is -6.62. The highest BCUT2D eigenvalue weighted by Gasteiger charge is 2.85. The van der Waals surface area contributed by atoms with E-state index in [0.717, 1.165) is 43.4 Å². The van der Waals surface area contributed by atoms with Crippen LogP contribution >= 0.6 is 0 Å². The van der Waals surface area contributed by atoms with E-state index in [2.05, 4.69) is 6.58 Å². The van der Waals surface area contributed by atoms with E-state index in [9.17, 15) is 52.7 Å². The summed E-state index contributed by atoms with van der Waals surface area (Å²) in [5.74, 6) is -15.0. The first kappa shape index (κ1) is 30.5. The molecule has 0 aliphatic carbocycles. The highest BCUT2D eigenvalue weighted by molar-refractivity contribution is 7.90. The van der Waals surface area contributed by atoms with Crippen LogP contribution in [0.15, 0.2) is 12.7 Å². The van der Waals surface area contributed by atoms with Crippen LogP contribution in [0.1, 0.15) is 51.4 Å². The van der Waals surface area contributed by atoms with Crippen LogP contribution in [-0.4, -0.2) is 73.0 Å². The van der Waals surface area contributed by atoms with Gasteiger partial charge in [-0.05, 0) is 19.3 Å². The maximum absolute atomic E-state index is 13.9. The number of allylic oxidation sites excluding steroid dienone is 1. The Bertz CT molecular complexity index is 793. The normalized spacial score (nSPS) is 17.1. The fourth-order valence-electron chi connectivity index (χ4n) is 3.29. The fraction of sp³-hybridized carbons (Fsp3) is 0.842. The Balaban J connectivity index is 2.67. The number of rotatable bonds is 13. The van der Waals surface area contributed by atoms with Crippen LogP contribution in [-0.2, 0) is 14.8 Å². The van der Waals surface area contributed by atoms with Crippen molar-refractivity contribution in [1.82, 2.24) is 9.21 Å². The molecule has 0 unspecified atom stereocenters. The number of piperazine rings is 1. The highest BCUT2D eigenvalue weighted by Crippen LogP contribution is 2.55. The van der Waals surface area contributed by atoms with Crippen molar-refractivity contribution in [3.05, 3.63) is 12.7 Å². The summed E-state index contributed by atoms with van der Waals surface area (Å²) >= 11 is 0. The molecule has 0 spiro atoms. The van der Waals surface area contributed by atoms with Gasteiger partial charge in [0.05, 0.1) is 0 Å². The van der Waals surface area contributed by atoms with Crippen LogP contribution in [0.5, 0.6) is 0 Å². The number of unbranched alkanes of at least 4 members (excludes halogenated alkanes) is 6. The zero-order valence-corrected chi connectivity index (χ0v) is 19.0. The van der Waals surface area contributed by atoms with Gasteiger partial charge in [0.2, 0.25) is 5.91 Å². The van der Waals surface area contributed by atoms with Gasteiger partial charge in [-0.3, -0.25) is 4.79 Å². The van der Waals surface area contributed by atoms with Crippen molar-refractivity contribution in [1.29, 1.82) is 0 Å². The second-order valence-electron chi connectivity index (χ2n) is 7.90. The lowest BCUT2D eigenvalue weighted by atomic mass is 10.1. The molecule has 1 heterocycles. The van der Waals surface area contributed by atoms with E-state index < -0.39 is 65.4 Å². The molecular weight excluding hydrogens is 507 g/mol. The highest BCUT2D eigenvalue weighted by atomic mass is 32.2. The van der Waals surface area contributed by atoms with Crippen LogP contribution in [0.3, 0.4) is 0 Å². The van der Waals surface area contributed by atoms with E-state index in [4.69, 9.17) is 0 Å². The fourth-order valence-corrected chi connectivity index (χ4v) is 4.71. The molecule has 0 saturated carbocycles. The first-order valence-corrected chi connectivity index (χ1v) is 12.0. The topological polar surface area (TPSA) is 57.7 Å². The van der Waals surface area contributed by atoms with Gasteiger partial charge in [0.25, 0.3) is 10.0 Å². The van der Waals surface area contributed by atoms with Gasteiger partial charge in [-0.2, -0.15) is 43.8 Å². The Morgan fingerprint density at radius 3 is 1.71 bits per heavy atom. The van der Waals surface area contributed by atoms with E-state index in [1.165, 1.54) is 0 Å². The SMILES string of the molecule is C=CCCCCCCCCC(=O)N1CCN(S(=O)(=O)C(F)(F)C(F)(F)C(F)(F)C(F)(F)F)CC1. The summed E-state index contributed by atoms with van der Waals surface area (Å²) in [6.45, 7) is 0.689. The molecule has 0 radical (unpaired) electrons. The molecule has 0 aromatic rings. The third kappa shape index (κ3) is 6.38. The third-order valence-electron chi connectivity index (χ3n) is 5.42. The van der Waals surface area contributed by atoms with Crippen LogP contribution in [0.25, 0.3) is 0 Å². The number of sulfonamides is 1. The summed E-state index contributed by atoms with van der Waals surface area (Å²) in [5, 5.41) is -6.75. The van der Waals surface area contributed by atoms with Gasteiger partial charge < -0.3 is 4.90 Å². The maximum Gasteiger partial charge on any atom is 0.460 e. The number of nitrogens with zero attached hydrogens (tertiary/aromatic N) is 2. The monoisotopic (exact) mass is 534 g/mol. The van der Waals surface area contributed by atoms with Crippen molar-refractivity contribution in [2.75, 3.05) is 26.2 Å². The first-order valence-electron chi connectivity index (χ1n) is 10.5. The molecule has 1 amide bonds. The summed E-state index contributed by atoms with van der Waals surface area (Å²) in [4.78, 5) is 13.3. The summed E-state index contributed by atoms with van der Waals surface area (Å²) in [6.07, 6.45) is 0.787. The molecule has 1 aliphatic rings. The number of carbonyl (C=O) groups excluding carboxylic acids is 1. The van der Waals surface area contributed by atoms with Gasteiger partial charge in [0.15, 0.2) is 0 Å². The Morgan fingerprint density at radius 1 is 0.765 bits per heavy atom. The van der Waals surface area contributed by atoms with Crippen molar-refractivity contribution >= 4 is 15.9 Å². The van der Waals surface area contributed by atoms with E-state index in [1.54, 1.807) is 0 Å². The Morgan fingerprint density at radius 2 is 1.24 bits per heavy atom. The van der Waals surface area contributed by atoms with Gasteiger partial charge in [-0.25, -0.2) is 8.42 Å². The molecule has 34 heavy (non-hydrogen) atoms. The minimum Gasteiger partial charge on any atom is -0.340 e. The minimum atomic E-state index is -7.31. The smallest absolute Gasteiger partial charge is 0.340 e. The van der Waals surface area contributed by atoms with Crippen molar-refractivity contribution in [2.24, 2.45) is 0 Å². The number of hydrogen-bond acceptors (Lipinski definition) is 3. The largest absolute Gasteiger partial charge is 0.460 e. The van der Waals surface area contributed by atoms with Crippen LogP contribution in [0.4, 0.5) is 39.5 Å². The third-order valence-corrected chi connectivity index (χ3v) is 7.37. The lowest BCUT2D eigenvalue weighted by Gasteiger charge is -2.38. The molecule has 1 saturated heterocycles. The molecule has 0 bridgehead atoms. The number of alkyl halides is 9. The van der Waals surface area contributed by atoms with Crippen molar-refractivity contribution in [2.45, 2.75) is 74.6 Å². The predicted molar refractivity (Wildman–Crippen MR) is 105 cm³/mol. The van der Waals surface area contributed by atoms with Gasteiger partial charge in [-0.1, -0.05) is 31.8 Å². The van der Waals surface area contributed by atoms with E-state index in [-0.39, 0.29) is 10.7 Å².